The number of ether oxygens (including phenoxy) is 2. The predicted octanol–water partition coefficient (Wildman–Crippen LogP) is 1.77. The van der Waals surface area contributed by atoms with Gasteiger partial charge < -0.3 is 14.4 Å². The molecule has 0 bridgehead atoms. The Morgan fingerprint density at radius 2 is 1.84 bits per heavy atom. The van der Waals surface area contributed by atoms with Crippen LogP contribution < -0.4 is 0 Å². The van der Waals surface area contributed by atoms with Gasteiger partial charge in [-0.3, -0.25) is 9.69 Å². The Morgan fingerprint density at radius 1 is 1.12 bits per heavy atom. The third kappa shape index (κ3) is 4.50. The van der Waals surface area contributed by atoms with E-state index in [0.717, 1.165) is 6.07 Å². The van der Waals surface area contributed by atoms with E-state index in [4.69, 9.17) is 9.47 Å². The first-order chi connectivity index (χ1) is 11.9. The summed E-state index contributed by atoms with van der Waals surface area (Å²) < 4.78 is 50.2. The van der Waals surface area contributed by atoms with Crippen LogP contribution in [0.25, 0.3) is 0 Å². The first kappa shape index (κ1) is 18.2. The fourth-order valence-electron chi connectivity index (χ4n) is 3.16. The Morgan fingerprint density at radius 3 is 2.56 bits per heavy atom. The summed E-state index contributed by atoms with van der Waals surface area (Å²) in [6.07, 6.45) is -5.02. The van der Waals surface area contributed by atoms with Gasteiger partial charge in [0.2, 0.25) is 0 Å². The van der Waals surface area contributed by atoms with E-state index in [1.54, 1.807) is 11.0 Å². The lowest BCUT2D eigenvalue weighted by atomic mass is 10.1. The summed E-state index contributed by atoms with van der Waals surface area (Å²) in [5.74, 6) is -0.114. The Kier molecular flexibility index (Phi) is 5.61. The lowest BCUT2D eigenvalue weighted by molar-refractivity contribution is -0.154. The summed E-state index contributed by atoms with van der Waals surface area (Å²) in [5.41, 5.74) is -0.410. The van der Waals surface area contributed by atoms with Crippen LogP contribution in [0.1, 0.15) is 11.1 Å². The predicted molar refractivity (Wildman–Crippen MR) is 83.9 cm³/mol. The minimum absolute atomic E-state index is 0.114. The fraction of sp³-hybridized carbons (Fsp3) is 0.588. The summed E-state index contributed by atoms with van der Waals surface area (Å²) in [7, 11) is 0. The molecular weight excluding hydrogens is 337 g/mol. The van der Waals surface area contributed by atoms with Crippen molar-refractivity contribution in [2.45, 2.75) is 18.8 Å². The monoisotopic (exact) mass is 358 g/mol. The van der Waals surface area contributed by atoms with Crippen LogP contribution in [0.3, 0.4) is 0 Å². The molecule has 1 amide bonds. The molecule has 1 aromatic rings. The number of hydrogen-bond donors (Lipinski definition) is 0. The molecule has 0 saturated carbocycles. The highest BCUT2D eigenvalue weighted by Crippen LogP contribution is 2.32. The SMILES string of the molecule is O=C(C1CN(Cc2ccccc2C(F)(F)F)CCO1)N1CCOCC1. The Labute approximate surface area is 144 Å². The molecule has 2 aliphatic rings. The number of alkyl halides is 3. The molecule has 25 heavy (non-hydrogen) atoms. The standard InChI is InChI=1S/C17H21F3N2O3/c18-17(19,20)14-4-2-1-3-13(14)11-21-5-10-25-15(12-21)16(23)22-6-8-24-9-7-22/h1-4,15H,5-12H2. The number of nitrogens with zero attached hydrogens (tertiary/aromatic N) is 2. The second-order valence-corrected chi connectivity index (χ2v) is 6.19. The second-order valence-electron chi connectivity index (χ2n) is 6.19. The molecule has 2 fully saturated rings. The summed E-state index contributed by atoms with van der Waals surface area (Å²) in [4.78, 5) is 16.1. The number of amides is 1. The quantitative estimate of drug-likeness (QED) is 0.826. The Hall–Kier alpha value is -1.64. The average molecular weight is 358 g/mol. The highest BCUT2D eigenvalue weighted by atomic mass is 19.4. The molecule has 2 saturated heterocycles. The van der Waals surface area contributed by atoms with Crippen molar-refractivity contribution >= 4 is 5.91 Å². The lowest BCUT2D eigenvalue weighted by Crippen LogP contribution is -2.53. The molecule has 3 rings (SSSR count). The van der Waals surface area contributed by atoms with Crippen LogP contribution in [0.2, 0.25) is 0 Å². The van der Waals surface area contributed by atoms with Gasteiger partial charge in [0.15, 0.2) is 0 Å². The number of rotatable bonds is 3. The molecule has 138 valence electrons. The first-order valence-electron chi connectivity index (χ1n) is 8.31. The summed E-state index contributed by atoms with van der Waals surface area (Å²) in [6.45, 7) is 3.32. The van der Waals surface area contributed by atoms with Crippen molar-refractivity contribution in [1.29, 1.82) is 0 Å². The average Bonchev–Trinajstić information content (AvgIpc) is 2.62. The molecular formula is C17H21F3N2O3. The van der Waals surface area contributed by atoms with Crippen molar-refractivity contribution < 1.29 is 27.4 Å². The van der Waals surface area contributed by atoms with Crippen molar-refractivity contribution in [3.63, 3.8) is 0 Å². The number of carbonyl (C=O) groups is 1. The van der Waals surface area contributed by atoms with E-state index in [0.29, 0.717) is 46.0 Å². The zero-order valence-corrected chi connectivity index (χ0v) is 13.8. The largest absolute Gasteiger partial charge is 0.416 e. The third-order valence-electron chi connectivity index (χ3n) is 4.47. The minimum atomic E-state index is -4.38. The van der Waals surface area contributed by atoms with Crippen LogP contribution in [0.15, 0.2) is 24.3 Å². The van der Waals surface area contributed by atoms with Gasteiger partial charge in [-0.05, 0) is 11.6 Å². The maximum Gasteiger partial charge on any atom is 0.416 e. The van der Waals surface area contributed by atoms with E-state index >= 15 is 0 Å². The number of halogens is 3. The molecule has 0 aromatic heterocycles. The molecule has 0 radical (unpaired) electrons. The maximum absolute atomic E-state index is 13.1. The van der Waals surface area contributed by atoms with E-state index in [2.05, 4.69) is 0 Å². The molecule has 2 heterocycles. The number of carbonyl (C=O) groups excluding carboxylic acids is 1. The van der Waals surface area contributed by atoms with Crippen molar-refractivity contribution in [2.24, 2.45) is 0 Å². The van der Waals surface area contributed by atoms with Gasteiger partial charge in [0.1, 0.15) is 6.10 Å². The Balaban J connectivity index is 1.65. The van der Waals surface area contributed by atoms with Gasteiger partial charge in [0, 0.05) is 32.7 Å². The number of morpholine rings is 2. The fourth-order valence-corrected chi connectivity index (χ4v) is 3.16. The van der Waals surface area contributed by atoms with E-state index in [-0.39, 0.29) is 18.0 Å². The van der Waals surface area contributed by atoms with Gasteiger partial charge in [-0.25, -0.2) is 0 Å². The maximum atomic E-state index is 13.1. The minimum Gasteiger partial charge on any atom is -0.378 e. The van der Waals surface area contributed by atoms with Crippen molar-refractivity contribution in [3.05, 3.63) is 35.4 Å². The highest BCUT2D eigenvalue weighted by Gasteiger charge is 2.35. The van der Waals surface area contributed by atoms with E-state index in [1.165, 1.54) is 12.1 Å². The molecule has 1 aromatic carbocycles. The van der Waals surface area contributed by atoms with Crippen LogP contribution in [0, 0.1) is 0 Å². The summed E-state index contributed by atoms with van der Waals surface area (Å²) >= 11 is 0. The molecule has 0 aliphatic carbocycles. The number of benzene rings is 1. The van der Waals surface area contributed by atoms with Gasteiger partial charge in [-0.2, -0.15) is 13.2 Å². The van der Waals surface area contributed by atoms with Crippen LogP contribution in [-0.4, -0.2) is 67.8 Å². The van der Waals surface area contributed by atoms with Crippen LogP contribution in [-0.2, 0) is 27.0 Å². The number of hydrogen-bond acceptors (Lipinski definition) is 4. The molecule has 1 atom stereocenters. The van der Waals surface area contributed by atoms with Crippen molar-refractivity contribution in [2.75, 3.05) is 46.0 Å². The molecule has 0 spiro atoms. The van der Waals surface area contributed by atoms with Gasteiger partial charge in [0.25, 0.3) is 5.91 Å². The highest BCUT2D eigenvalue weighted by molar-refractivity contribution is 5.81. The van der Waals surface area contributed by atoms with Gasteiger partial charge >= 0.3 is 6.18 Å². The van der Waals surface area contributed by atoms with Crippen molar-refractivity contribution in [3.8, 4) is 0 Å². The van der Waals surface area contributed by atoms with Crippen LogP contribution in [0.4, 0.5) is 13.2 Å². The topological polar surface area (TPSA) is 42.0 Å². The Bertz CT molecular complexity index is 603. The van der Waals surface area contributed by atoms with Crippen LogP contribution in [0.5, 0.6) is 0 Å². The molecule has 2 aliphatic heterocycles. The summed E-state index contributed by atoms with van der Waals surface area (Å²) in [5, 5.41) is 0. The molecule has 0 N–H and O–H groups in total. The zero-order valence-electron chi connectivity index (χ0n) is 13.8. The van der Waals surface area contributed by atoms with E-state index in [1.807, 2.05) is 4.90 Å². The zero-order chi connectivity index (χ0) is 17.9. The first-order valence-corrected chi connectivity index (χ1v) is 8.31. The van der Waals surface area contributed by atoms with Gasteiger partial charge in [0.05, 0.1) is 25.4 Å². The van der Waals surface area contributed by atoms with Gasteiger partial charge in [-0.15, -0.1) is 0 Å². The third-order valence-corrected chi connectivity index (χ3v) is 4.47. The lowest BCUT2D eigenvalue weighted by Gasteiger charge is -2.36. The smallest absolute Gasteiger partial charge is 0.378 e. The second kappa shape index (κ2) is 7.72. The molecule has 5 nitrogen and oxygen atoms in total. The van der Waals surface area contributed by atoms with Gasteiger partial charge in [-0.1, -0.05) is 18.2 Å². The molecule has 8 heteroatoms. The van der Waals surface area contributed by atoms with E-state index < -0.39 is 17.8 Å². The van der Waals surface area contributed by atoms with E-state index in [9.17, 15) is 18.0 Å². The summed E-state index contributed by atoms with van der Waals surface area (Å²) in [6, 6.07) is 5.56. The molecule has 1 unspecified atom stereocenters. The van der Waals surface area contributed by atoms with Crippen LogP contribution >= 0.6 is 0 Å². The normalized spacial score (nSPS) is 22.8. The van der Waals surface area contributed by atoms with Crippen molar-refractivity contribution in [1.82, 2.24) is 9.80 Å².